The quantitative estimate of drug-likeness (QED) is 0.750. The lowest BCUT2D eigenvalue weighted by molar-refractivity contribution is -0.122. The van der Waals surface area contributed by atoms with Gasteiger partial charge in [-0.15, -0.1) is 10.2 Å². The number of fused-ring (bicyclic) bond motifs is 1. The smallest absolute Gasteiger partial charge is 0.220 e. The molecule has 2 heterocycles. The van der Waals surface area contributed by atoms with Crippen LogP contribution in [0, 0.1) is 12.8 Å². The number of carbonyl (C=O) groups excluding carboxylic acids is 1. The molecule has 2 aromatic heterocycles. The highest BCUT2D eigenvalue weighted by Crippen LogP contribution is 2.26. The third-order valence-electron chi connectivity index (χ3n) is 5.32. The Morgan fingerprint density at radius 2 is 1.85 bits per heavy atom. The van der Waals surface area contributed by atoms with Crippen LogP contribution in [0.25, 0.3) is 16.9 Å². The number of aromatic nitrogens is 4. The highest BCUT2D eigenvalue weighted by atomic mass is 16.1. The van der Waals surface area contributed by atoms with E-state index in [4.69, 9.17) is 0 Å². The van der Waals surface area contributed by atoms with E-state index in [2.05, 4.69) is 51.8 Å². The lowest BCUT2D eigenvalue weighted by Crippen LogP contribution is -2.27. The summed E-state index contributed by atoms with van der Waals surface area (Å²) in [5.74, 6) is 1.27. The molecule has 6 heteroatoms. The largest absolute Gasteiger partial charge is 0.349 e. The number of aryl methyl sites for hydroxylation is 1. The van der Waals surface area contributed by atoms with Crippen LogP contribution in [0.4, 0.5) is 0 Å². The van der Waals surface area contributed by atoms with Gasteiger partial charge in [-0.2, -0.15) is 9.61 Å². The molecule has 140 valence electrons. The summed E-state index contributed by atoms with van der Waals surface area (Å²) in [4.78, 5) is 12.3. The van der Waals surface area contributed by atoms with Crippen molar-refractivity contribution in [2.75, 3.05) is 0 Å². The summed E-state index contributed by atoms with van der Waals surface area (Å²) in [6.45, 7) is 2.41. The first kappa shape index (κ1) is 17.6. The second kappa shape index (κ2) is 7.86. The summed E-state index contributed by atoms with van der Waals surface area (Å²) in [5.41, 5.74) is 3.80. The predicted molar refractivity (Wildman–Crippen MR) is 104 cm³/mol. The van der Waals surface area contributed by atoms with Crippen LogP contribution in [0.1, 0.15) is 49.9 Å². The van der Waals surface area contributed by atoms with E-state index >= 15 is 0 Å². The molecular weight excluding hydrogens is 338 g/mol. The SMILES string of the molecule is Cc1ccc(-c2ccc3nnc(CNC(=O)CC4CCCCC4)n3n2)cc1. The Morgan fingerprint density at radius 3 is 2.63 bits per heavy atom. The van der Waals surface area contributed by atoms with Crippen molar-refractivity contribution in [3.8, 4) is 11.3 Å². The molecule has 0 atom stereocenters. The molecule has 6 nitrogen and oxygen atoms in total. The van der Waals surface area contributed by atoms with Crippen LogP contribution in [0.2, 0.25) is 0 Å². The van der Waals surface area contributed by atoms with Gasteiger partial charge in [0.15, 0.2) is 11.5 Å². The molecule has 1 N–H and O–H groups in total. The van der Waals surface area contributed by atoms with Crippen molar-refractivity contribution >= 4 is 11.6 Å². The van der Waals surface area contributed by atoms with Gasteiger partial charge >= 0.3 is 0 Å². The van der Waals surface area contributed by atoms with Crippen molar-refractivity contribution in [1.29, 1.82) is 0 Å². The van der Waals surface area contributed by atoms with Gasteiger partial charge in [0.1, 0.15) is 0 Å². The number of rotatable bonds is 5. The van der Waals surface area contributed by atoms with Gasteiger partial charge in [0, 0.05) is 12.0 Å². The Hall–Kier alpha value is -2.76. The summed E-state index contributed by atoms with van der Waals surface area (Å²) in [6, 6.07) is 12.1. The first-order valence-electron chi connectivity index (χ1n) is 9.74. The minimum Gasteiger partial charge on any atom is -0.349 e. The van der Waals surface area contributed by atoms with Gasteiger partial charge in [-0.1, -0.05) is 49.1 Å². The van der Waals surface area contributed by atoms with Crippen molar-refractivity contribution in [1.82, 2.24) is 25.1 Å². The molecule has 1 aliphatic rings. The molecule has 1 aliphatic carbocycles. The highest BCUT2D eigenvalue weighted by Gasteiger charge is 2.17. The van der Waals surface area contributed by atoms with Crippen molar-refractivity contribution in [2.24, 2.45) is 5.92 Å². The summed E-state index contributed by atoms with van der Waals surface area (Å²) >= 11 is 0. The van der Waals surface area contributed by atoms with Gasteiger partial charge in [-0.3, -0.25) is 4.79 Å². The molecule has 0 unspecified atom stereocenters. The van der Waals surface area contributed by atoms with E-state index < -0.39 is 0 Å². The topological polar surface area (TPSA) is 72.2 Å². The second-order valence-corrected chi connectivity index (χ2v) is 7.46. The number of nitrogens with zero attached hydrogens (tertiary/aromatic N) is 4. The fraction of sp³-hybridized carbons (Fsp3) is 0.429. The van der Waals surface area contributed by atoms with Crippen molar-refractivity contribution in [3.05, 3.63) is 47.8 Å². The number of nitrogens with one attached hydrogen (secondary N) is 1. The molecule has 0 saturated heterocycles. The third kappa shape index (κ3) is 4.15. The molecule has 1 amide bonds. The van der Waals surface area contributed by atoms with Gasteiger partial charge < -0.3 is 5.32 Å². The molecule has 1 aromatic carbocycles. The number of hydrogen-bond donors (Lipinski definition) is 1. The highest BCUT2D eigenvalue weighted by molar-refractivity contribution is 5.76. The number of hydrogen-bond acceptors (Lipinski definition) is 4. The Kier molecular flexibility index (Phi) is 5.14. The first-order chi connectivity index (χ1) is 13.2. The van der Waals surface area contributed by atoms with E-state index in [0.717, 1.165) is 11.3 Å². The molecular formula is C21H25N5O. The number of carbonyl (C=O) groups is 1. The lowest BCUT2D eigenvalue weighted by Gasteiger charge is -2.20. The zero-order valence-corrected chi connectivity index (χ0v) is 15.7. The van der Waals surface area contributed by atoms with Crippen LogP contribution in [0.3, 0.4) is 0 Å². The summed E-state index contributed by atoms with van der Waals surface area (Å²) in [7, 11) is 0. The lowest BCUT2D eigenvalue weighted by atomic mass is 9.87. The second-order valence-electron chi connectivity index (χ2n) is 7.46. The predicted octanol–water partition coefficient (Wildman–Crippen LogP) is 3.69. The zero-order chi connectivity index (χ0) is 18.6. The van der Waals surface area contributed by atoms with Crippen molar-refractivity contribution in [2.45, 2.75) is 52.0 Å². The zero-order valence-electron chi connectivity index (χ0n) is 15.7. The van der Waals surface area contributed by atoms with Crippen LogP contribution in [-0.2, 0) is 11.3 Å². The third-order valence-corrected chi connectivity index (χ3v) is 5.32. The van der Waals surface area contributed by atoms with E-state index in [0.29, 0.717) is 30.4 Å². The first-order valence-corrected chi connectivity index (χ1v) is 9.74. The number of benzene rings is 1. The maximum Gasteiger partial charge on any atom is 0.220 e. The Bertz CT molecular complexity index is 925. The fourth-order valence-corrected chi connectivity index (χ4v) is 3.73. The number of amides is 1. The van der Waals surface area contributed by atoms with E-state index in [1.807, 2.05) is 12.1 Å². The average Bonchev–Trinajstić information content (AvgIpc) is 3.10. The minimum atomic E-state index is 0.0911. The molecule has 0 bridgehead atoms. The molecule has 0 aliphatic heterocycles. The minimum absolute atomic E-state index is 0.0911. The molecule has 27 heavy (non-hydrogen) atoms. The Morgan fingerprint density at radius 1 is 1.07 bits per heavy atom. The summed E-state index contributed by atoms with van der Waals surface area (Å²) in [6.07, 6.45) is 6.75. The monoisotopic (exact) mass is 363 g/mol. The standard InChI is InChI=1S/C21H25N5O/c1-15-7-9-17(10-8-15)18-11-12-19-23-24-20(26(19)25-18)14-22-21(27)13-16-5-3-2-4-6-16/h7-12,16H,2-6,13-14H2,1H3,(H,22,27). The summed E-state index contributed by atoms with van der Waals surface area (Å²) in [5, 5.41) is 16.0. The molecule has 0 radical (unpaired) electrons. The van der Waals surface area contributed by atoms with E-state index in [1.165, 1.54) is 37.7 Å². The van der Waals surface area contributed by atoms with Gasteiger partial charge in [-0.25, -0.2) is 0 Å². The Balaban J connectivity index is 1.46. The molecule has 1 fully saturated rings. The van der Waals surface area contributed by atoms with Gasteiger partial charge in [0.25, 0.3) is 0 Å². The normalized spacial score (nSPS) is 15.1. The van der Waals surface area contributed by atoms with Gasteiger partial charge in [0.2, 0.25) is 5.91 Å². The molecule has 0 spiro atoms. The van der Waals surface area contributed by atoms with Crippen LogP contribution < -0.4 is 5.32 Å². The van der Waals surface area contributed by atoms with Crippen LogP contribution in [0.5, 0.6) is 0 Å². The molecule has 1 saturated carbocycles. The average molecular weight is 363 g/mol. The summed E-state index contributed by atoms with van der Waals surface area (Å²) < 4.78 is 1.72. The van der Waals surface area contributed by atoms with E-state index in [1.54, 1.807) is 4.52 Å². The van der Waals surface area contributed by atoms with E-state index in [9.17, 15) is 4.79 Å². The Labute approximate surface area is 159 Å². The maximum atomic E-state index is 12.3. The van der Waals surface area contributed by atoms with Crippen molar-refractivity contribution < 1.29 is 4.79 Å². The van der Waals surface area contributed by atoms with Gasteiger partial charge in [-0.05, 0) is 37.8 Å². The maximum absolute atomic E-state index is 12.3. The van der Waals surface area contributed by atoms with Crippen LogP contribution in [-0.4, -0.2) is 25.7 Å². The van der Waals surface area contributed by atoms with Gasteiger partial charge in [0.05, 0.1) is 12.2 Å². The van der Waals surface area contributed by atoms with Crippen LogP contribution in [0.15, 0.2) is 36.4 Å². The fourth-order valence-electron chi connectivity index (χ4n) is 3.73. The molecule has 4 rings (SSSR count). The van der Waals surface area contributed by atoms with Crippen molar-refractivity contribution in [3.63, 3.8) is 0 Å². The van der Waals surface area contributed by atoms with Crippen LogP contribution >= 0.6 is 0 Å². The molecule has 3 aromatic rings. The van der Waals surface area contributed by atoms with E-state index in [-0.39, 0.29) is 5.91 Å².